The van der Waals surface area contributed by atoms with Crippen LogP contribution < -0.4 is 5.73 Å². The van der Waals surface area contributed by atoms with Crippen molar-refractivity contribution in [3.8, 4) is 0 Å². The Kier molecular flexibility index (Phi) is 3.45. The summed E-state index contributed by atoms with van der Waals surface area (Å²) >= 11 is 5.96. The van der Waals surface area contributed by atoms with Crippen LogP contribution in [0.25, 0.3) is 0 Å². The number of benzene rings is 1. The van der Waals surface area contributed by atoms with E-state index in [0.29, 0.717) is 17.0 Å². The molecule has 1 heterocycles. The van der Waals surface area contributed by atoms with Crippen LogP contribution in [0, 0.1) is 5.82 Å². The summed E-state index contributed by atoms with van der Waals surface area (Å²) in [5.74, 6) is -0.324. The predicted molar refractivity (Wildman–Crippen MR) is 65.3 cm³/mol. The first-order valence-corrected chi connectivity index (χ1v) is 5.62. The molecule has 0 radical (unpaired) electrons. The normalized spacial score (nSPS) is 12.7. The third-order valence-corrected chi connectivity index (χ3v) is 3.07. The summed E-state index contributed by atoms with van der Waals surface area (Å²) in [5.41, 5.74) is 7.32. The third kappa shape index (κ3) is 2.48. The van der Waals surface area contributed by atoms with Crippen LogP contribution in [0.2, 0.25) is 5.02 Å². The van der Waals surface area contributed by atoms with Gasteiger partial charge in [-0.15, -0.1) is 0 Å². The van der Waals surface area contributed by atoms with Gasteiger partial charge in [-0.2, -0.15) is 0 Å². The predicted octanol–water partition coefficient (Wildman–Crippen LogP) is 2.46. The van der Waals surface area contributed by atoms with E-state index in [0.717, 1.165) is 5.69 Å². The lowest BCUT2D eigenvalue weighted by Crippen LogP contribution is -2.17. The molecule has 1 atom stereocenters. The Balaban J connectivity index is 2.25. The topological polar surface area (TPSA) is 43.8 Å². The molecule has 0 aliphatic heterocycles. The Bertz CT molecular complexity index is 504. The van der Waals surface area contributed by atoms with E-state index in [1.165, 1.54) is 6.07 Å². The molecule has 17 heavy (non-hydrogen) atoms. The van der Waals surface area contributed by atoms with Gasteiger partial charge < -0.3 is 10.3 Å². The molecule has 3 nitrogen and oxygen atoms in total. The van der Waals surface area contributed by atoms with E-state index in [1.807, 2.05) is 11.6 Å². The van der Waals surface area contributed by atoms with Crippen LogP contribution >= 0.6 is 11.6 Å². The molecule has 0 aliphatic carbocycles. The molecule has 5 heteroatoms. The van der Waals surface area contributed by atoms with Crippen LogP contribution in [-0.2, 0) is 13.5 Å². The van der Waals surface area contributed by atoms with Gasteiger partial charge in [-0.05, 0) is 18.6 Å². The first-order valence-electron chi connectivity index (χ1n) is 5.24. The van der Waals surface area contributed by atoms with E-state index in [2.05, 4.69) is 4.98 Å². The van der Waals surface area contributed by atoms with E-state index in [-0.39, 0.29) is 11.9 Å². The Labute approximate surface area is 104 Å². The molecule has 0 spiro atoms. The molecule has 0 bridgehead atoms. The summed E-state index contributed by atoms with van der Waals surface area (Å²) < 4.78 is 15.4. The SMILES string of the molecule is Cn1cncc1C(N)Cc1c(F)cccc1Cl. The van der Waals surface area contributed by atoms with Gasteiger partial charge in [0.2, 0.25) is 0 Å². The zero-order chi connectivity index (χ0) is 12.4. The minimum atomic E-state index is -0.324. The van der Waals surface area contributed by atoms with Crippen molar-refractivity contribution in [1.29, 1.82) is 0 Å². The van der Waals surface area contributed by atoms with Crippen LogP contribution in [0.1, 0.15) is 17.3 Å². The van der Waals surface area contributed by atoms with Crippen molar-refractivity contribution in [2.75, 3.05) is 0 Å². The van der Waals surface area contributed by atoms with Gasteiger partial charge in [0.25, 0.3) is 0 Å². The highest BCUT2D eigenvalue weighted by atomic mass is 35.5. The summed E-state index contributed by atoms with van der Waals surface area (Å²) in [6, 6.07) is 4.31. The fourth-order valence-corrected chi connectivity index (χ4v) is 2.02. The average Bonchev–Trinajstić information content (AvgIpc) is 2.70. The molecule has 0 aliphatic rings. The van der Waals surface area contributed by atoms with Crippen molar-refractivity contribution in [3.05, 3.63) is 52.8 Å². The van der Waals surface area contributed by atoms with Gasteiger partial charge in [-0.25, -0.2) is 9.37 Å². The van der Waals surface area contributed by atoms with Gasteiger partial charge in [0.15, 0.2) is 0 Å². The third-order valence-electron chi connectivity index (χ3n) is 2.72. The number of nitrogens with zero attached hydrogens (tertiary/aromatic N) is 2. The Morgan fingerprint density at radius 1 is 1.53 bits per heavy atom. The van der Waals surface area contributed by atoms with Crippen molar-refractivity contribution in [1.82, 2.24) is 9.55 Å². The second kappa shape index (κ2) is 4.85. The van der Waals surface area contributed by atoms with Crippen LogP contribution in [-0.4, -0.2) is 9.55 Å². The molecule has 2 N–H and O–H groups in total. The molecule has 90 valence electrons. The summed E-state index contributed by atoms with van der Waals surface area (Å²) in [5, 5.41) is 0.405. The molecule has 0 saturated heterocycles. The summed E-state index contributed by atoms with van der Waals surface area (Å²) in [6.45, 7) is 0. The molecule has 2 aromatic rings. The number of aryl methyl sites for hydroxylation is 1. The number of aromatic nitrogens is 2. The van der Waals surface area contributed by atoms with Crippen LogP contribution in [0.5, 0.6) is 0 Å². The van der Waals surface area contributed by atoms with Gasteiger partial charge in [-0.1, -0.05) is 17.7 Å². The summed E-state index contributed by atoms with van der Waals surface area (Å²) in [6.07, 6.45) is 3.70. The molecular formula is C12H13ClFN3. The maximum absolute atomic E-state index is 13.6. The second-order valence-corrected chi connectivity index (χ2v) is 4.35. The quantitative estimate of drug-likeness (QED) is 0.913. The van der Waals surface area contributed by atoms with Crippen molar-refractivity contribution in [2.24, 2.45) is 12.8 Å². The van der Waals surface area contributed by atoms with Crippen molar-refractivity contribution >= 4 is 11.6 Å². The van der Waals surface area contributed by atoms with Crippen LogP contribution in [0.3, 0.4) is 0 Å². The maximum Gasteiger partial charge on any atom is 0.127 e. The largest absolute Gasteiger partial charge is 0.336 e. The lowest BCUT2D eigenvalue weighted by Gasteiger charge is -2.13. The summed E-state index contributed by atoms with van der Waals surface area (Å²) in [7, 11) is 1.85. The number of nitrogens with two attached hydrogens (primary N) is 1. The molecule has 1 aromatic heterocycles. The molecule has 0 saturated carbocycles. The zero-order valence-electron chi connectivity index (χ0n) is 9.40. The first kappa shape index (κ1) is 12.1. The number of imidazole rings is 1. The molecule has 0 amide bonds. The lowest BCUT2D eigenvalue weighted by atomic mass is 10.0. The highest BCUT2D eigenvalue weighted by Gasteiger charge is 2.15. The van der Waals surface area contributed by atoms with Crippen molar-refractivity contribution < 1.29 is 4.39 Å². The summed E-state index contributed by atoms with van der Waals surface area (Å²) in [4.78, 5) is 3.99. The van der Waals surface area contributed by atoms with Crippen molar-refractivity contribution in [2.45, 2.75) is 12.5 Å². The average molecular weight is 254 g/mol. The zero-order valence-corrected chi connectivity index (χ0v) is 10.2. The Morgan fingerprint density at radius 3 is 2.88 bits per heavy atom. The van der Waals surface area contributed by atoms with E-state index >= 15 is 0 Å². The maximum atomic E-state index is 13.6. The minimum Gasteiger partial charge on any atom is -0.336 e. The number of hydrogen-bond donors (Lipinski definition) is 1. The Hall–Kier alpha value is -1.39. The van der Waals surface area contributed by atoms with E-state index < -0.39 is 0 Å². The van der Waals surface area contributed by atoms with Gasteiger partial charge >= 0.3 is 0 Å². The van der Waals surface area contributed by atoms with Crippen LogP contribution in [0.15, 0.2) is 30.7 Å². The molecule has 0 fully saturated rings. The minimum absolute atomic E-state index is 0.322. The molecular weight excluding hydrogens is 241 g/mol. The fourth-order valence-electron chi connectivity index (χ4n) is 1.78. The van der Waals surface area contributed by atoms with E-state index in [1.54, 1.807) is 24.7 Å². The fraction of sp³-hybridized carbons (Fsp3) is 0.250. The molecule has 1 unspecified atom stereocenters. The number of halogens is 2. The molecule has 2 rings (SSSR count). The Morgan fingerprint density at radius 2 is 2.29 bits per heavy atom. The van der Waals surface area contributed by atoms with Gasteiger partial charge in [0, 0.05) is 23.8 Å². The highest BCUT2D eigenvalue weighted by molar-refractivity contribution is 6.31. The lowest BCUT2D eigenvalue weighted by molar-refractivity contribution is 0.583. The van der Waals surface area contributed by atoms with Gasteiger partial charge in [0.1, 0.15) is 5.82 Å². The monoisotopic (exact) mass is 253 g/mol. The van der Waals surface area contributed by atoms with E-state index in [4.69, 9.17) is 17.3 Å². The molecule has 1 aromatic carbocycles. The number of rotatable bonds is 3. The number of hydrogen-bond acceptors (Lipinski definition) is 2. The highest BCUT2D eigenvalue weighted by Crippen LogP contribution is 2.24. The smallest absolute Gasteiger partial charge is 0.127 e. The van der Waals surface area contributed by atoms with Crippen LogP contribution in [0.4, 0.5) is 4.39 Å². The van der Waals surface area contributed by atoms with Crippen molar-refractivity contribution in [3.63, 3.8) is 0 Å². The first-order chi connectivity index (χ1) is 8.09. The standard InChI is InChI=1S/C12H13ClFN3/c1-17-7-16-6-12(17)11(15)5-8-9(13)3-2-4-10(8)14/h2-4,6-7,11H,5,15H2,1H3. The second-order valence-electron chi connectivity index (χ2n) is 3.94. The van der Waals surface area contributed by atoms with Gasteiger partial charge in [-0.3, -0.25) is 0 Å². The van der Waals surface area contributed by atoms with Gasteiger partial charge in [0.05, 0.1) is 18.1 Å². The van der Waals surface area contributed by atoms with E-state index in [9.17, 15) is 4.39 Å².